The zero-order valence-electron chi connectivity index (χ0n) is 18.0. The largest absolute Gasteiger partial charge is 0.360 e. The summed E-state index contributed by atoms with van der Waals surface area (Å²) in [6.45, 7) is 1.87. The van der Waals surface area contributed by atoms with Gasteiger partial charge in [-0.1, -0.05) is 41.6 Å². The fourth-order valence-corrected chi connectivity index (χ4v) is 4.04. The van der Waals surface area contributed by atoms with E-state index >= 15 is 0 Å². The lowest BCUT2D eigenvalue weighted by Gasteiger charge is -2.19. The summed E-state index contributed by atoms with van der Waals surface area (Å²) in [6.07, 6.45) is 5.40. The summed E-state index contributed by atoms with van der Waals surface area (Å²) in [7, 11) is 2.02. The molecule has 8 heteroatoms. The summed E-state index contributed by atoms with van der Waals surface area (Å²) in [5.74, 6) is 1.26. The highest BCUT2D eigenvalue weighted by molar-refractivity contribution is 5.96. The summed E-state index contributed by atoms with van der Waals surface area (Å²) in [4.78, 5) is 6.21. The standard InChI is InChI=1S/C25H19N7O/c1-16-22(23(30-33-16)17-6-4-3-5-7-17)25-29-28-24-21-14-20(9-8-18(21)15-27-32(24)25)31(2)19-10-12-26-13-11-19/h3-15H,1-2H3. The minimum absolute atomic E-state index is 0.595. The Bertz CT molecular complexity index is 1590. The highest BCUT2D eigenvalue weighted by Crippen LogP contribution is 2.34. The molecule has 4 heterocycles. The summed E-state index contributed by atoms with van der Waals surface area (Å²) in [6, 6.07) is 20.1. The molecule has 0 saturated heterocycles. The van der Waals surface area contributed by atoms with E-state index < -0.39 is 0 Å². The normalized spacial score (nSPS) is 11.3. The van der Waals surface area contributed by atoms with Crippen LogP contribution >= 0.6 is 0 Å². The third-order valence-corrected chi connectivity index (χ3v) is 5.80. The third kappa shape index (κ3) is 3.11. The van der Waals surface area contributed by atoms with Gasteiger partial charge in [0.1, 0.15) is 11.5 Å². The molecule has 0 saturated carbocycles. The second-order valence-corrected chi connectivity index (χ2v) is 7.77. The SMILES string of the molecule is Cc1onc(-c2ccccc2)c1-c1nnc2c3cc(N(C)c4ccncc4)ccc3cnn12. The lowest BCUT2D eigenvalue weighted by Crippen LogP contribution is -2.09. The molecular formula is C25H19N7O. The molecule has 0 unspecified atom stereocenters. The lowest BCUT2D eigenvalue weighted by molar-refractivity contribution is 0.400. The number of hydrogen-bond donors (Lipinski definition) is 0. The Morgan fingerprint density at radius 2 is 1.73 bits per heavy atom. The molecule has 4 aromatic heterocycles. The van der Waals surface area contributed by atoms with Crippen LogP contribution in [0.1, 0.15) is 5.76 Å². The first-order chi connectivity index (χ1) is 16.2. The molecule has 0 N–H and O–H groups in total. The molecule has 0 aliphatic carbocycles. The van der Waals surface area contributed by atoms with Crippen molar-refractivity contribution in [2.45, 2.75) is 6.92 Å². The van der Waals surface area contributed by atoms with Gasteiger partial charge in [0.15, 0.2) is 11.5 Å². The first kappa shape index (κ1) is 19.1. The molecule has 0 atom stereocenters. The van der Waals surface area contributed by atoms with Crippen LogP contribution in [0.2, 0.25) is 0 Å². The molecule has 0 bridgehead atoms. The van der Waals surface area contributed by atoms with Crippen LogP contribution < -0.4 is 4.90 Å². The third-order valence-electron chi connectivity index (χ3n) is 5.80. The molecule has 6 rings (SSSR count). The van der Waals surface area contributed by atoms with Crippen molar-refractivity contribution in [1.29, 1.82) is 0 Å². The van der Waals surface area contributed by atoms with Crippen molar-refractivity contribution in [3.63, 3.8) is 0 Å². The van der Waals surface area contributed by atoms with Gasteiger partial charge in [-0.2, -0.15) is 9.61 Å². The van der Waals surface area contributed by atoms with Gasteiger partial charge in [0.05, 0.1) is 11.8 Å². The van der Waals surface area contributed by atoms with Crippen molar-refractivity contribution >= 4 is 27.8 Å². The lowest BCUT2D eigenvalue weighted by atomic mass is 10.1. The van der Waals surface area contributed by atoms with E-state index in [-0.39, 0.29) is 0 Å². The minimum Gasteiger partial charge on any atom is -0.360 e. The first-order valence-corrected chi connectivity index (χ1v) is 10.5. The van der Waals surface area contributed by atoms with E-state index in [9.17, 15) is 0 Å². The molecule has 0 radical (unpaired) electrons. The van der Waals surface area contributed by atoms with Gasteiger partial charge in [-0.3, -0.25) is 4.98 Å². The van der Waals surface area contributed by atoms with Gasteiger partial charge in [0.2, 0.25) is 0 Å². The Labute approximate surface area is 189 Å². The van der Waals surface area contributed by atoms with Crippen molar-refractivity contribution in [2.24, 2.45) is 0 Å². The van der Waals surface area contributed by atoms with Crippen molar-refractivity contribution in [3.05, 3.63) is 85.0 Å². The molecule has 8 nitrogen and oxygen atoms in total. The molecule has 6 aromatic rings. The van der Waals surface area contributed by atoms with E-state index in [1.807, 2.05) is 68.7 Å². The van der Waals surface area contributed by atoms with Gasteiger partial charge in [0, 0.05) is 47.2 Å². The number of anilines is 2. The second-order valence-electron chi connectivity index (χ2n) is 7.77. The maximum atomic E-state index is 5.54. The second kappa shape index (κ2) is 7.52. The fraction of sp³-hybridized carbons (Fsp3) is 0.0800. The molecule has 0 aliphatic heterocycles. The van der Waals surface area contributed by atoms with Gasteiger partial charge < -0.3 is 9.42 Å². The van der Waals surface area contributed by atoms with Gasteiger partial charge >= 0.3 is 0 Å². The maximum absolute atomic E-state index is 5.54. The van der Waals surface area contributed by atoms with Crippen LogP contribution in [-0.4, -0.2) is 37.0 Å². The Balaban J connectivity index is 1.52. The van der Waals surface area contributed by atoms with Crippen molar-refractivity contribution in [1.82, 2.24) is 30.0 Å². The van der Waals surface area contributed by atoms with Crippen LogP contribution in [0.25, 0.3) is 39.1 Å². The molecule has 0 fully saturated rings. The fourth-order valence-electron chi connectivity index (χ4n) is 4.04. The molecule has 160 valence electrons. The number of benzene rings is 2. The average molecular weight is 433 g/mol. The zero-order valence-corrected chi connectivity index (χ0v) is 18.0. The minimum atomic E-state index is 0.595. The average Bonchev–Trinajstić information content (AvgIpc) is 3.47. The highest BCUT2D eigenvalue weighted by Gasteiger charge is 2.23. The molecule has 33 heavy (non-hydrogen) atoms. The van der Waals surface area contributed by atoms with E-state index in [1.165, 1.54) is 0 Å². The summed E-state index contributed by atoms with van der Waals surface area (Å²) < 4.78 is 7.29. The Kier molecular flexibility index (Phi) is 4.36. The summed E-state index contributed by atoms with van der Waals surface area (Å²) in [5, 5.41) is 19.9. The Morgan fingerprint density at radius 3 is 2.55 bits per heavy atom. The topological polar surface area (TPSA) is 85.2 Å². The van der Waals surface area contributed by atoms with Gasteiger partial charge in [-0.25, -0.2) is 0 Å². The predicted molar refractivity (Wildman–Crippen MR) is 126 cm³/mol. The highest BCUT2D eigenvalue weighted by atomic mass is 16.5. The van der Waals surface area contributed by atoms with Crippen molar-refractivity contribution < 1.29 is 4.52 Å². The monoisotopic (exact) mass is 433 g/mol. The number of nitrogens with zero attached hydrogens (tertiary/aromatic N) is 7. The molecule has 0 spiro atoms. The van der Waals surface area contributed by atoms with Crippen LogP contribution in [-0.2, 0) is 0 Å². The molecule has 2 aromatic carbocycles. The van der Waals surface area contributed by atoms with Crippen LogP contribution in [0.15, 0.2) is 83.8 Å². The van der Waals surface area contributed by atoms with E-state index in [2.05, 4.69) is 42.5 Å². The Morgan fingerprint density at radius 1 is 0.909 bits per heavy atom. The number of hydrogen-bond acceptors (Lipinski definition) is 7. The number of aryl methyl sites for hydroxylation is 1. The Hall–Kier alpha value is -4.59. The van der Waals surface area contributed by atoms with Gasteiger partial charge in [-0.15, -0.1) is 10.2 Å². The van der Waals surface area contributed by atoms with Crippen molar-refractivity contribution in [2.75, 3.05) is 11.9 Å². The van der Waals surface area contributed by atoms with Crippen LogP contribution in [0, 0.1) is 6.92 Å². The van der Waals surface area contributed by atoms with Crippen molar-refractivity contribution in [3.8, 4) is 22.6 Å². The molecule has 0 amide bonds. The summed E-state index contributed by atoms with van der Waals surface area (Å²) in [5.41, 5.74) is 5.19. The number of fused-ring (bicyclic) bond motifs is 3. The van der Waals surface area contributed by atoms with E-state index in [1.54, 1.807) is 16.9 Å². The van der Waals surface area contributed by atoms with E-state index in [4.69, 9.17) is 4.52 Å². The zero-order chi connectivity index (χ0) is 22.4. The number of rotatable bonds is 4. The predicted octanol–water partition coefficient (Wildman–Crippen LogP) is 5.07. The van der Waals surface area contributed by atoms with Crippen LogP contribution in [0.4, 0.5) is 11.4 Å². The molecular weight excluding hydrogens is 414 g/mol. The van der Waals surface area contributed by atoms with Gasteiger partial charge in [-0.05, 0) is 31.2 Å². The van der Waals surface area contributed by atoms with Crippen LogP contribution in [0.3, 0.4) is 0 Å². The van der Waals surface area contributed by atoms with E-state index in [0.717, 1.165) is 39.0 Å². The number of aromatic nitrogens is 6. The quantitative estimate of drug-likeness (QED) is 0.384. The number of pyridine rings is 1. The first-order valence-electron chi connectivity index (χ1n) is 10.5. The van der Waals surface area contributed by atoms with E-state index in [0.29, 0.717) is 17.2 Å². The van der Waals surface area contributed by atoms with Crippen LogP contribution in [0.5, 0.6) is 0 Å². The van der Waals surface area contributed by atoms with Gasteiger partial charge in [0.25, 0.3) is 0 Å². The maximum Gasteiger partial charge on any atom is 0.191 e. The smallest absolute Gasteiger partial charge is 0.191 e. The molecule has 0 aliphatic rings. The summed E-state index contributed by atoms with van der Waals surface area (Å²) >= 11 is 0.